The van der Waals surface area contributed by atoms with Crippen molar-refractivity contribution in [1.82, 2.24) is 0 Å². The van der Waals surface area contributed by atoms with E-state index in [2.05, 4.69) is 13.8 Å². The summed E-state index contributed by atoms with van der Waals surface area (Å²) in [5.41, 5.74) is 3.07. The third-order valence-electron chi connectivity index (χ3n) is 2.94. The molecule has 1 rings (SSSR count). The lowest BCUT2D eigenvalue weighted by Gasteiger charge is -2.24. The predicted molar refractivity (Wildman–Crippen MR) is 57.0 cm³/mol. The molecule has 2 heteroatoms. The zero-order chi connectivity index (χ0) is 10.6. The molecular weight excluding hydrogens is 176 g/mol. The normalized spacial score (nSPS) is 21.9. The van der Waals surface area contributed by atoms with Gasteiger partial charge in [-0.25, -0.2) is 0 Å². The molecule has 0 spiro atoms. The number of esters is 1. The van der Waals surface area contributed by atoms with Gasteiger partial charge in [-0.3, -0.25) is 4.79 Å². The van der Waals surface area contributed by atoms with Crippen LogP contribution in [0.2, 0.25) is 0 Å². The van der Waals surface area contributed by atoms with Crippen molar-refractivity contribution in [1.29, 1.82) is 0 Å². The maximum absolute atomic E-state index is 10.6. The highest BCUT2D eigenvalue weighted by atomic mass is 16.5. The maximum Gasteiger partial charge on any atom is 0.302 e. The summed E-state index contributed by atoms with van der Waals surface area (Å²) >= 11 is 0. The number of allylic oxidation sites excluding steroid dienone is 2. The quantitative estimate of drug-likeness (QED) is 0.501. The summed E-state index contributed by atoms with van der Waals surface area (Å²) < 4.78 is 5.02. The van der Waals surface area contributed by atoms with Crippen LogP contribution >= 0.6 is 0 Å². The molecule has 0 saturated heterocycles. The van der Waals surface area contributed by atoms with E-state index in [-0.39, 0.29) is 5.97 Å². The molecule has 0 aromatic carbocycles. The minimum atomic E-state index is -0.155. The van der Waals surface area contributed by atoms with Gasteiger partial charge in [0.2, 0.25) is 0 Å². The van der Waals surface area contributed by atoms with E-state index in [1.165, 1.54) is 38.2 Å². The van der Waals surface area contributed by atoms with Crippen LogP contribution in [0, 0.1) is 5.92 Å². The Morgan fingerprint density at radius 2 is 1.86 bits per heavy atom. The predicted octanol–water partition coefficient (Wildman–Crippen LogP) is 3.08. The molecule has 14 heavy (non-hydrogen) atoms. The van der Waals surface area contributed by atoms with Gasteiger partial charge in [0.1, 0.15) is 0 Å². The second-order valence-corrected chi connectivity index (χ2v) is 4.35. The van der Waals surface area contributed by atoms with Crippen molar-refractivity contribution >= 4 is 5.97 Å². The fourth-order valence-corrected chi connectivity index (χ4v) is 1.93. The van der Waals surface area contributed by atoms with Crippen LogP contribution < -0.4 is 0 Å². The van der Waals surface area contributed by atoms with Gasteiger partial charge in [-0.15, -0.1) is 0 Å². The summed E-state index contributed by atoms with van der Waals surface area (Å²) in [6, 6.07) is 0. The number of hydrogen-bond donors (Lipinski definition) is 0. The van der Waals surface area contributed by atoms with E-state index in [0.29, 0.717) is 12.5 Å². The monoisotopic (exact) mass is 196 g/mol. The zero-order valence-electron chi connectivity index (χ0n) is 9.43. The Labute approximate surface area is 86.3 Å². The molecule has 0 unspecified atom stereocenters. The number of carbonyl (C=O) groups excluding carboxylic acids is 1. The van der Waals surface area contributed by atoms with Gasteiger partial charge in [0, 0.05) is 6.92 Å². The zero-order valence-corrected chi connectivity index (χ0v) is 9.43. The molecule has 0 bridgehead atoms. The number of ether oxygens (including phenoxy) is 1. The van der Waals surface area contributed by atoms with Crippen molar-refractivity contribution in [3.05, 3.63) is 11.1 Å². The highest BCUT2D eigenvalue weighted by Gasteiger charge is 2.17. The first-order valence-electron chi connectivity index (χ1n) is 5.38. The van der Waals surface area contributed by atoms with Gasteiger partial charge in [-0.1, -0.05) is 11.1 Å². The van der Waals surface area contributed by atoms with Crippen molar-refractivity contribution in [2.24, 2.45) is 5.92 Å². The van der Waals surface area contributed by atoms with E-state index >= 15 is 0 Å². The highest BCUT2D eigenvalue weighted by molar-refractivity contribution is 5.65. The van der Waals surface area contributed by atoms with Crippen LogP contribution in [0.3, 0.4) is 0 Å². The van der Waals surface area contributed by atoms with E-state index in [9.17, 15) is 4.79 Å². The van der Waals surface area contributed by atoms with Crippen LogP contribution in [-0.4, -0.2) is 12.6 Å². The second-order valence-electron chi connectivity index (χ2n) is 4.35. The Morgan fingerprint density at radius 3 is 2.29 bits per heavy atom. The summed E-state index contributed by atoms with van der Waals surface area (Å²) in [5.74, 6) is 0.431. The van der Waals surface area contributed by atoms with Crippen molar-refractivity contribution in [2.45, 2.75) is 46.5 Å². The topological polar surface area (TPSA) is 26.3 Å². The van der Waals surface area contributed by atoms with Crippen LogP contribution in [0.25, 0.3) is 0 Å². The highest BCUT2D eigenvalue weighted by Crippen LogP contribution is 2.30. The lowest BCUT2D eigenvalue weighted by molar-refractivity contribution is -0.142. The van der Waals surface area contributed by atoms with E-state index in [1.807, 2.05) is 0 Å². The molecule has 0 heterocycles. The SMILES string of the molecule is CC(=O)OCC1CCC(=C(C)C)CC1. The number of hydrogen-bond acceptors (Lipinski definition) is 2. The molecule has 0 aromatic rings. The summed E-state index contributed by atoms with van der Waals surface area (Å²) in [5, 5.41) is 0. The van der Waals surface area contributed by atoms with Crippen LogP contribution in [0.1, 0.15) is 46.5 Å². The molecular formula is C12H20O2. The first kappa shape index (κ1) is 11.3. The fraction of sp³-hybridized carbons (Fsp3) is 0.750. The molecule has 0 atom stereocenters. The first-order valence-corrected chi connectivity index (χ1v) is 5.38. The largest absolute Gasteiger partial charge is 0.466 e. The molecule has 1 aliphatic carbocycles. The Bertz CT molecular complexity index is 227. The number of carbonyl (C=O) groups is 1. The summed E-state index contributed by atoms with van der Waals surface area (Å²) in [7, 11) is 0. The molecule has 1 fully saturated rings. The second kappa shape index (κ2) is 5.18. The van der Waals surface area contributed by atoms with Gasteiger partial charge >= 0.3 is 5.97 Å². The third-order valence-corrected chi connectivity index (χ3v) is 2.94. The van der Waals surface area contributed by atoms with E-state index < -0.39 is 0 Å². The lowest BCUT2D eigenvalue weighted by Crippen LogP contribution is -2.16. The Morgan fingerprint density at radius 1 is 1.29 bits per heavy atom. The van der Waals surface area contributed by atoms with Crippen molar-refractivity contribution < 1.29 is 9.53 Å². The van der Waals surface area contributed by atoms with Crippen LogP contribution in [0.15, 0.2) is 11.1 Å². The molecule has 0 N–H and O–H groups in total. The molecule has 80 valence electrons. The Balaban J connectivity index is 2.29. The van der Waals surface area contributed by atoms with Crippen molar-refractivity contribution in [2.75, 3.05) is 6.61 Å². The minimum Gasteiger partial charge on any atom is -0.466 e. The van der Waals surface area contributed by atoms with Crippen molar-refractivity contribution in [3.8, 4) is 0 Å². The molecule has 1 saturated carbocycles. The van der Waals surface area contributed by atoms with Crippen molar-refractivity contribution in [3.63, 3.8) is 0 Å². The van der Waals surface area contributed by atoms with E-state index in [1.54, 1.807) is 5.57 Å². The Kier molecular flexibility index (Phi) is 4.18. The summed E-state index contributed by atoms with van der Waals surface area (Å²) in [6.07, 6.45) is 4.73. The molecule has 0 aromatic heterocycles. The molecule has 0 aliphatic heterocycles. The van der Waals surface area contributed by atoms with Gasteiger partial charge in [0.05, 0.1) is 6.61 Å². The average Bonchev–Trinajstić information content (AvgIpc) is 2.15. The maximum atomic E-state index is 10.6. The average molecular weight is 196 g/mol. The summed E-state index contributed by atoms with van der Waals surface area (Å²) in [6.45, 7) is 6.46. The van der Waals surface area contributed by atoms with E-state index in [4.69, 9.17) is 4.74 Å². The van der Waals surface area contributed by atoms with Gasteiger partial charge < -0.3 is 4.74 Å². The summed E-state index contributed by atoms with van der Waals surface area (Å²) in [4.78, 5) is 10.6. The molecule has 2 nitrogen and oxygen atoms in total. The standard InChI is InChI=1S/C12H20O2/c1-9(2)12-6-4-11(5-7-12)8-14-10(3)13/h11H,4-8H2,1-3H3. The van der Waals surface area contributed by atoms with Gasteiger partial charge in [0.25, 0.3) is 0 Å². The van der Waals surface area contributed by atoms with Gasteiger partial charge in [0.15, 0.2) is 0 Å². The van der Waals surface area contributed by atoms with Gasteiger partial charge in [-0.05, 0) is 45.4 Å². The molecule has 1 aliphatic rings. The molecule has 0 amide bonds. The van der Waals surface area contributed by atoms with Gasteiger partial charge in [-0.2, -0.15) is 0 Å². The number of rotatable bonds is 2. The fourth-order valence-electron chi connectivity index (χ4n) is 1.93. The smallest absolute Gasteiger partial charge is 0.302 e. The van der Waals surface area contributed by atoms with E-state index in [0.717, 1.165) is 0 Å². The molecule has 0 radical (unpaired) electrons. The Hall–Kier alpha value is -0.790. The third kappa shape index (κ3) is 3.52. The lowest BCUT2D eigenvalue weighted by atomic mass is 9.84. The first-order chi connectivity index (χ1) is 6.59. The van der Waals surface area contributed by atoms with Crippen LogP contribution in [0.5, 0.6) is 0 Å². The van der Waals surface area contributed by atoms with Crippen LogP contribution in [0.4, 0.5) is 0 Å². The minimum absolute atomic E-state index is 0.155. The van der Waals surface area contributed by atoms with Crippen LogP contribution in [-0.2, 0) is 9.53 Å².